The molecule has 0 atom stereocenters. The van der Waals surface area contributed by atoms with Gasteiger partial charge in [-0.1, -0.05) is 6.92 Å². The van der Waals surface area contributed by atoms with E-state index in [2.05, 4.69) is 27.3 Å². The van der Waals surface area contributed by atoms with Crippen LogP contribution in [0.1, 0.15) is 24.9 Å². The SMILES string of the molecule is CCCc1nc(NN)cc(Sc2nc(C)cs2)n1. The minimum atomic E-state index is 0.643. The van der Waals surface area contributed by atoms with E-state index in [4.69, 9.17) is 5.84 Å². The molecule has 0 aliphatic heterocycles. The summed E-state index contributed by atoms with van der Waals surface area (Å²) in [6.07, 6.45) is 1.86. The summed E-state index contributed by atoms with van der Waals surface area (Å²) in [5.41, 5.74) is 3.61. The summed E-state index contributed by atoms with van der Waals surface area (Å²) in [5, 5.41) is 2.90. The number of hydrogen-bond acceptors (Lipinski definition) is 7. The number of hydrogen-bond donors (Lipinski definition) is 2. The van der Waals surface area contributed by atoms with E-state index in [0.29, 0.717) is 5.82 Å². The second-order valence-electron chi connectivity index (χ2n) is 3.76. The van der Waals surface area contributed by atoms with Gasteiger partial charge < -0.3 is 5.43 Å². The molecular formula is C11H15N5S2. The molecule has 5 nitrogen and oxygen atoms in total. The zero-order valence-corrected chi connectivity index (χ0v) is 11.9. The lowest BCUT2D eigenvalue weighted by Crippen LogP contribution is -2.10. The molecule has 0 amide bonds. The van der Waals surface area contributed by atoms with Gasteiger partial charge in [0, 0.05) is 23.6 Å². The van der Waals surface area contributed by atoms with E-state index >= 15 is 0 Å². The number of anilines is 1. The second kappa shape index (κ2) is 6.12. The molecule has 0 spiro atoms. The van der Waals surface area contributed by atoms with Gasteiger partial charge in [0.25, 0.3) is 0 Å². The number of rotatable bonds is 5. The largest absolute Gasteiger partial charge is 0.308 e. The van der Waals surface area contributed by atoms with Gasteiger partial charge in [0.2, 0.25) is 0 Å². The van der Waals surface area contributed by atoms with Crippen LogP contribution >= 0.6 is 23.1 Å². The second-order valence-corrected chi connectivity index (χ2v) is 5.88. The third-order valence-corrected chi connectivity index (χ3v) is 4.14. The topological polar surface area (TPSA) is 76.7 Å². The molecule has 96 valence electrons. The number of nitrogens with two attached hydrogens (primary N) is 1. The van der Waals surface area contributed by atoms with E-state index in [9.17, 15) is 0 Å². The van der Waals surface area contributed by atoms with Crippen LogP contribution in [0.4, 0.5) is 5.82 Å². The quantitative estimate of drug-likeness (QED) is 0.498. The number of nitrogens with one attached hydrogen (secondary N) is 1. The first-order valence-corrected chi connectivity index (χ1v) is 7.35. The molecule has 0 aliphatic rings. The lowest BCUT2D eigenvalue weighted by Gasteiger charge is -2.05. The fourth-order valence-electron chi connectivity index (χ4n) is 1.40. The van der Waals surface area contributed by atoms with Crippen molar-refractivity contribution in [2.24, 2.45) is 5.84 Å². The summed E-state index contributed by atoms with van der Waals surface area (Å²) in [6, 6.07) is 1.83. The van der Waals surface area contributed by atoms with Crippen LogP contribution in [0.25, 0.3) is 0 Å². The van der Waals surface area contributed by atoms with Crippen LogP contribution < -0.4 is 11.3 Å². The van der Waals surface area contributed by atoms with Crippen LogP contribution in [0.5, 0.6) is 0 Å². The molecule has 2 aromatic heterocycles. The van der Waals surface area contributed by atoms with Crippen molar-refractivity contribution >= 4 is 28.9 Å². The first-order valence-electron chi connectivity index (χ1n) is 5.66. The van der Waals surface area contributed by atoms with E-state index in [1.807, 2.05) is 18.4 Å². The van der Waals surface area contributed by atoms with Crippen LogP contribution in [0.3, 0.4) is 0 Å². The first-order chi connectivity index (χ1) is 8.71. The molecule has 18 heavy (non-hydrogen) atoms. The van der Waals surface area contributed by atoms with Crippen LogP contribution in [0, 0.1) is 6.92 Å². The van der Waals surface area contributed by atoms with Gasteiger partial charge in [0.15, 0.2) is 4.34 Å². The van der Waals surface area contributed by atoms with Crippen LogP contribution in [-0.4, -0.2) is 15.0 Å². The number of hydrazine groups is 1. The number of nitrogen functional groups attached to an aromatic ring is 1. The molecule has 3 N–H and O–H groups in total. The number of thiazole rings is 1. The van der Waals surface area contributed by atoms with Gasteiger partial charge in [-0.2, -0.15) is 0 Å². The highest BCUT2D eigenvalue weighted by Crippen LogP contribution is 2.29. The van der Waals surface area contributed by atoms with Crippen LogP contribution in [-0.2, 0) is 6.42 Å². The standard InChI is InChI=1S/C11H15N5S2/c1-3-4-8-14-9(16-12)5-10(15-8)18-11-13-7(2)6-17-11/h5-6H,3-4,12H2,1-2H3,(H,14,15,16). The molecule has 2 aromatic rings. The third kappa shape index (κ3) is 3.41. The van der Waals surface area contributed by atoms with Gasteiger partial charge in [0.1, 0.15) is 16.7 Å². The van der Waals surface area contributed by atoms with Crippen molar-refractivity contribution in [1.82, 2.24) is 15.0 Å². The van der Waals surface area contributed by atoms with E-state index < -0.39 is 0 Å². The first kappa shape index (κ1) is 13.3. The van der Waals surface area contributed by atoms with Crippen molar-refractivity contribution in [2.45, 2.75) is 36.1 Å². The molecule has 0 bridgehead atoms. The highest BCUT2D eigenvalue weighted by atomic mass is 32.2. The maximum absolute atomic E-state index is 5.42. The van der Waals surface area contributed by atoms with E-state index in [0.717, 1.165) is 33.7 Å². The van der Waals surface area contributed by atoms with Crippen LogP contribution in [0.15, 0.2) is 20.8 Å². The third-order valence-electron chi connectivity index (χ3n) is 2.16. The average Bonchev–Trinajstić information content (AvgIpc) is 2.75. The molecule has 0 saturated heterocycles. The molecule has 0 radical (unpaired) electrons. The Morgan fingerprint density at radius 2 is 2.22 bits per heavy atom. The molecule has 0 fully saturated rings. The molecule has 0 aliphatic carbocycles. The smallest absolute Gasteiger partial charge is 0.156 e. The Kier molecular flexibility index (Phi) is 4.51. The van der Waals surface area contributed by atoms with Crippen LogP contribution in [0.2, 0.25) is 0 Å². The van der Waals surface area contributed by atoms with Crippen molar-refractivity contribution < 1.29 is 0 Å². The fourth-order valence-corrected chi connectivity index (χ4v) is 3.21. The molecule has 0 aromatic carbocycles. The van der Waals surface area contributed by atoms with Crippen molar-refractivity contribution in [2.75, 3.05) is 5.43 Å². The summed E-state index contributed by atoms with van der Waals surface area (Å²) < 4.78 is 0.983. The van der Waals surface area contributed by atoms with Gasteiger partial charge in [0.05, 0.1) is 0 Å². The maximum atomic E-state index is 5.42. The maximum Gasteiger partial charge on any atom is 0.156 e. The Labute approximate surface area is 114 Å². The van der Waals surface area contributed by atoms with Crippen molar-refractivity contribution in [3.63, 3.8) is 0 Å². The van der Waals surface area contributed by atoms with Gasteiger partial charge >= 0.3 is 0 Å². The summed E-state index contributed by atoms with van der Waals surface area (Å²) in [7, 11) is 0. The highest BCUT2D eigenvalue weighted by Gasteiger charge is 2.07. The number of aryl methyl sites for hydroxylation is 2. The Hall–Kier alpha value is -1.18. The Bertz CT molecular complexity index is 526. The molecule has 7 heteroatoms. The zero-order valence-electron chi connectivity index (χ0n) is 10.3. The van der Waals surface area contributed by atoms with Crippen molar-refractivity contribution in [1.29, 1.82) is 0 Å². The molecule has 2 heterocycles. The lowest BCUT2D eigenvalue weighted by molar-refractivity contribution is 0.810. The van der Waals surface area contributed by atoms with Gasteiger partial charge in [-0.05, 0) is 25.1 Å². The average molecular weight is 281 g/mol. The van der Waals surface area contributed by atoms with Crippen molar-refractivity contribution in [3.8, 4) is 0 Å². The minimum absolute atomic E-state index is 0.643. The van der Waals surface area contributed by atoms with Gasteiger partial charge in [-0.15, -0.1) is 11.3 Å². The van der Waals surface area contributed by atoms with Gasteiger partial charge in [-0.25, -0.2) is 20.8 Å². The Morgan fingerprint density at radius 1 is 1.39 bits per heavy atom. The van der Waals surface area contributed by atoms with Crippen molar-refractivity contribution in [3.05, 3.63) is 23.0 Å². The number of nitrogens with zero attached hydrogens (tertiary/aromatic N) is 3. The predicted molar refractivity (Wildman–Crippen MR) is 74.8 cm³/mol. The number of aromatic nitrogens is 3. The lowest BCUT2D eigenvalue weighted by atomic mass is 10.3. The minimum Gasteiger partial charge on any atom is -0.308 e. The summed E-state index contributed by atoms with van der Waals surface area (Å²) in [6.45, 7) is 4.08. The highest BCUT2D eigenvalue weighted by molar-refractivity contribution is 8.01. The van der Waals surface area contributed by atoms with E-state index in [-0.39, 0.29) is 0 Å². The fraction of sp³-hybridized carbons (Fsp3) is 0.364. The normalized spacial score (nSPS) is 10.6. The Balaban J connectivity index is 2.23. The molecule has 0 saturated carbocycles. The Morgan fingerprint density at radius 3 is 2.83 bits per heavy atom. The predicted octanol–water partition coefficient (Wildman–Crippen LogP) is 2.63. The summed E-state index contributed by atoms with van der Waals surface area (Å²) >= 11 is 3.16. The summed E-state index contributed by atoms with van der Waals surface area (Å²) in [5.74, 6) is 6.87. The summed E-state index contributed by atoms with van der Waals surface area (Å²) in [4.78, 5) is 13.2. The molecule has 2 rings (SSSR count). The molecule has 0 unspecified atom stereocenters. The van der Waals surface area contributed by atoms with E-state index in [1.165, 1.54) is 11.8 Å². The van der Waals surface area contributed by atoms with E-state index in [1.54, 1.807) is 11.3 Å². The zero-order chi connectivity index (χ0) is 13.0. The monoisotopic (exact) mass is 281 g/mol. The molecular weight excluding hydrogens is 266 g/mol. The van der Waals surface area contributed by atoms with Gasteiger partial charge in [-0.3, -0.25) is 0 Å².